The van der Waals surface area contributed by atoms with Crippen molar-refractivity contribution in [3.05, 3.63) is 0 Å². The molecule has 0 atom stereocenters. The molecule has 0 aliphatic rings. The average Bonchev–Trinajstić information content (AvgIpc) is 1.97. The van der Waals surface area contributed by atoms with Crippen LogP contribution in [0.4, 0.5) is 0 Å². The van der Waals surface area contributed by atoms with E-state index < -0.39 is 0 Å². The molecule has 0 heterocycles. The Hall–Kier alpha value is -0.0400. The van der Waals surface area contributed by atoms with Gasteiger partial charge in [0.05, 0.1) is 0 Å². The molecular formula is C15H33N. The fraction of sp³-hybridized carbons (Fsp3) is 1.00. The Morgan fingerprint density at radius 2 is 1.31 bits per heavy atom. The smallest absolute Gasteiger partial charge is 0.0130 e. The lowest BCUT2D eigenvalue weighted by atomic mass is 9.72. The van der Waals surface area contributed by atoms with Crippen LogP contribution in [0.3, 0.4) is 0 Å². The monoisotopic (exact) mass is 227 g/mol. The summed E-state index contributed by atoms with van der Waals surface area (Å²) in [5.41, 5.74) is 0.981. The second kappa shape index (κ2) is 5.08. The van der Waals surface area contributed by atoms with Gasteiger partial charge in [0.25, 0.3) is 0 Å². The van der Waals surface area contributed by atoms with Gasteiger partial charge in [0, 0.05) is 12.1 Å². The Balaban J connectivity index is 4.35. The molecule has 1 nitrogen and oxygen atoms in total. The Labute approximate surface area is 103 Å². The summed E-state index contributed by atoms with van der Waals surface area (Å²) in [6, 6.07) is 0. The number of rotatable bonds is 5. The number of hydrogen-bond donors (Lipinski definition) is 1. The van der Waals surface area contributed by atoms with Crippen molar-refractivity contribution < 1.29 is 0 Å². The van der Waals surface area contributed by atoms with Crippen LogP contribution < -0.4 is 5.32 Å². The maximum atomic E-state index is 3.71. The summed E-state index contributed by atoms with van der Waals surface area (Å²) in [4.78, 5) is 0. The van der Waals surface area contributed by atoms with Crippen molar-refractivity contribution in [1.29, 1.82) is 0 Å². The maximum Gasteiger partial charge on any atom is 0.0130 e. The Morgan fingerprint density at radius 1 is 0.875 bits per heavy atom. The van der Waals surface area contributed by atoms with E-state index in [1.807, 2.05) is 0 Å². The van der Waals surface area contributed by atoms with Gasteiger partial charge in [0.2, 0.25) is 0 Å². The van der Waals surface area contributed by atoms with Crippen LogP contribution >= 0.6 is 0 Å². The molecule has 0 aliphatic carbocycles. The molecule has 0 aromatic rings. The lowest BCUT2D eigenvalue weighted by Gasteiger charge is -2.40. The van der Waals surface area contributed by atoms with E-state index >= 15 is 0 Å². The fourth-order valence-corrected chi connectivity index (χ4v) is 1.91. The van der Waals surface area contributed by atoms with Crippen molar-refractivity contribution in [2.24, 2.45) is 16.7 Å². The van der Waals surface area contributed by atoms with E-state index in [9.17, 15) is 0 Å². The zero-order valence-electron chi connectivity index (χ0n) is 13.0. The van der Waals surface area contributed by atoms with Crippen LogP contribution in [0.1, 0.15) is 68.7 Å². The highest BCUT2D eigenvalue weighted by molar-refractivity contribution is 4.87. The molecule has 1 heteroatoms. The Bertz CT molecular complexity index is 206. The molecule has 1 N–H and O–H groups in total. The molecule has 98 valence electrons. The molecule has 0 saturated heterocycles. The van der Waals surface area contributed by atoms with Crippen molar-refractivity contribution in [2.75, 3.05) is 6.54 Å². The highest BCUT2D eigenvalue weighted by Gasteiger charge is 2.31. The normalized spacial score (nSPS) is 14.6. The van der Waals surface area contributed by atoms with E-state index in [1.54, 1.807) is 0 Å². The van der Waals surface area contributed by atoms with Crippen molar-refractivity contribution in [2.45, 2.75) is 74.3 Å². The summed E-state index contributed by atoms with van der Waals surface area (Å²) in [7, 11) is 0. The predicted octanol–water partition coefficient (Wildman–Crippen LogP) is 4.47. The molecule has 0 rings (SSSR count). The van der Waals surface area contributed by atoms with E-state index in [-0.39, 0.29) is 5.54 Å². The van der Waals surface area contributed by atoms with Gasteiger partial charge in [-0.3, -0.25) is 0 Å². The first-order valence-corrected chi connectivity index (χ1v) is 6.61. The van der Waals surface area contributed by atoms with Gasteiger partial charge < -0.3 is 5.32 Å². The van der Waals surface area contributed by atoms with Crippen LogP contribution in [-0.2, 0) is 0 Å². The minimum atomic E-state index is 0.223. The first kappa shape index (κ1) is 16.0. The van der Waals surface area contributed by atoms with Crippen molar-refractivity contribution in [3.63, 3.8) is 0 Å². The molecular weight excluding hydrogens is 194 g/mol. The first-order valence-electron chi connectivity index (χ1n) is 6.61. The van der Waals surface area contributed by atoms with Gasteiger partial charge in [-0.2, -0.15) is 0 Å². The highest BCUT2D eigenvalue weighted by atomic mass is 15.0. The third-order valence-corrected chi connectivity index (χ3v) is 3.56. The quantitative estimate of drug-likeness (QED) is 0.730. The average molecular weight is 227 g/mol. The maximum absolute atomic E-state index is 3.71. The largest absolute Gasteiger partial charge is 0.311 e. The first-order chi connectivity index (χ1) is 6.86. The second-order valence-corrected chi connectivity index (χ2v) is 8.12. The molecule has 16 heavy (non-hydrogen) atoms. The fourth-order valence-electron chi connectivity index (χ4n) is 1.91. The molecule has 0 bridgehead atoms. The zero-order valence-corrected chi connectivity index (χ0v) is 13.0. The summed E-state index contributed by atoms with van der Waals surface area (Å²) in [5, 5.41) is 3.71. The van der Waals surface area contributed by atoms with Crippen LogP contribution in [0.2, 0.25) is 0 Å². The Morgan fingerprint density at radius 3 is 1.62 bits per heavy atom. The van der Waals surface area contributed by atoms with Crippen molar-refractivity contribution >= 4 is 0 Å². The third kappa shape index (κ3) is 6.52. The van der Waals surface area contributed by atoms with Gasteiger partial charge >= 0.3 is 0 Å². The molecule has 0 unspecified atom stereocenters. The second-order valence-electron chi connectivity index (χ2n) is 8.12. The SMILES string of the molecule is CC(C)C(C)(C)CC(C)(C)NCC(C)(C)C. The van der Waals surface area contributed by atoms with E-state index in [4.69, 9.17) is 0 Å². The molecule has 0 amide bonds. The van der Waals surface area contributed by atoms with Crippen LogP contribution in [0.15, 0.2) is 0 Å². The molecule has 0 radical (unpaired) electrons. The predicted molar refractivity (Wildman–Crippen MR) is 74.8 cm³/mol. The van der Waals surface area contributed by atoms with E-state index in [0.717, 1.165) is 12.5 Å². The van der Waals surface area contributed by atoms with Crippen LogP contribution in [0.5, 0.6) is 0 Å². The van der Waals surface area contributed by atoms with Crippen LogP contribution in [0, 0.1) is 16.7 Å². The van der Waals surface area contributed by atoms with Crippen molar-refractivity contribution in [1.82, 2.24) is 5.32 Å². The zero-order chi connectivity index (χ0) is 13.2. The standard InChI is InChI=1S/C15H33N/c1-12(2)14(6,7)10-15(8,9)16-11-13(3,4)5/h12,16H,10-11H2,1-9H3. The van der Waals surface area contributed by atoms with Crippen LogP contribution in [0.25, 0.3) is 0 Å². The van der Waals surface area contributed by atoms with Crippen LogP contribution in [-0.4, -0.2) is 12.1 Å². The van der Waals surface area contributed by atoms with E-state index in [2.05, 4.69) is 67.6 Å². The summed E-state index contributed by atoms with van der Waals surface area (Å²) in [5.74, 6) is 0.725. The lowest BCUT2D eigenvalue weighted by Crippen LogP contribution is -2.47. The number of nitrogens with one attached hydrogen (secondary N) is 1. The molecule has 0 aromatic carbocycles. The molecule has 0 saturated carbocycles. The minimum absolute atomic E-state index is 0.223. The van der Waals surface area contributed by atoms with Gasteiger partial charge in [-0.15, -0.1) is 0 Å². The summed E-state index contributed by atoms with van der Waals surface area (Å²) >= 11 is 0. The van der Waals surface area contributed by atoms with Gasteiger partial charge in [-0.1, -0.05) is 48.5 Å². The van der Waals surface area contributed by atoms with Gasteiger partial charge in [0.15, 0.2) is 0 Å². The molecule has 0 fully saturated rings. The summed E-state index contributed by atoms with van der Waals surface area (Å²) in [6.07, 6.45) is 1.22. The molecule has 0 aromatic heterocycles. The highest BCUT2D eigenvalue weighted by Crippen LogP contribution is 2.35. The van der Waals surface area contributed by atoms with Gasteiger partial charge in [-0.05, 0) is 37.0 Å². The van der Waals surface area contributed by atoms with E-state index in [1.165, 1.54) is 6.42 Å². The third-order valence-electron chi connectivity index (χ3n) is 3.56. The van der Waals surface area contributed by atoms with Gasteiger partial charge in [0.1, 0.15) is 0 Å². The van der Waals surface area contributed by atoms with E-state index in [0.29, 0.717) is 10.8 Å². The summed E-state index contributed by atoms with van der Waals surface area (Å²) < 4.78 is 0. The topological polar surface area (TPSA) is 12.0 Å². The minimum Gasteiger partial charge on any atom is -0.311 e. The molecule has 0 spiro atoms. The lowest BCUT2D eigenvalue weighted by molar-refractivity contribution is 0.153. The molecule has 0 aliphatic heterocycles. The summed E-state index contributed by atoms with van der Waals surface area (Å²) in [6.45, 7) is 22.0. The van der Waals surface area contributed by atoms with Gasteiger partial charge in [-0.25, -0.2) is 0 Å². The van der Waals surface area contributed by atoms with Crippen molar-refractivity contribution in [3.8, 4) is 0 Å². The Kier molecular flexibility index (Phi) is 5.07. The number of hydrogen-bond acceptors (Lipinski definition) is 1.